The highest BCUT2D eigenvalue weighted by Crippen LogP contribution is 2.47. The van der Waals surface area contributed by atoms with Crippen molar-refractivity contribution in [1.29, 1.82) is 0 Å². The molecular formula is C24H25FN2O2. The van der Waals surface area contributed by atoms with E-state index in [2.05, 4.69) is 28.0 Å². The molecule has 0 spiro atoms. The second-order valence-corrected chi connectivity index (χ2v) is 8.50. The van der Waals surface area contributed by atoms with Gasteiger partial charge < -0.3 is 9.80 Å². The SMILES string of the molecule is O=C1Cc2cccc3c2N(C1)[C@H]1CCN(CCCC(=O)c2ccc(F)cc2)C[C@@H]31. The van der Waals surface area contributed by atoms with Crippen LogP contribution in [-0.4, -0.2) is 48.7 Å². The Kier molecular flexibility index (Phi) is 4.70. The van der Waals surface area contributed by atoms with E-state index in [0.29, 0.717) is 42.7 Å². The van der Waals surface area contributed by atoms with Gasteiger partial charge >= 0.3 is 0 Å². The Bertz CT molecular complexity index is 956. The highest BCUT2D eigenvalue weighted by atomic mass is 19.1. The predicted octanol–water partition coefficient (Wildman–Crippen LogP) is 3.59. The number of benzene rings is 2. The highest BCUT2D eigenvalue weighted by molar-refractivity contribution is 5.96. The summed E-state index contributed by atoms with van der Waals surface area (Å²) in [5.41, 5.74) is 4.48. The molecule has 0 saturated carbocycles. The number of hydrogen-bond acceptors (Lipinski definition) is 4. The van der Waals surface area contributed by atoms with Crippen LogP contribution in [-0.2, 0) is 11.2 Å². The van der Waals surface area contributed by atoms with Crippen LogP contribution in [0.15, 0.2) is 42.5 Å². The number of nitrogens with zero attached hydrogens (tertiary/aromatic N) is 2. The molecule has 0 bridgehead atoms. The molecule has 2 aromatic carbocycles. The van der Waals surface area contributed by atoms with Crippen LogP contribution in [0, 0.1) is 5.82 Å². The minimum atomic E-state index is -0.316. The summed E-state index contributed by atoms with van der Waals surface area (Å²) < 4.78 is 13.0. The van der Waals surface area contributed by atoms with Crippen LogP contribution >= 0.6 is 0 Å². The Morgan fingerprint density at radius 2 is 1.97 bits per heavy atom. The summed E-state index contributed by atoms with van der Waals surface area (Å²) in [7, 11) is 0. The monoisotopic (exact) mass is 392 g/mol. The summed E-state index contributed by atoms with van der Waals surface area (Å²) in [5, 5.41) is 0. The predicted molar refractivity (Wildman–Crippen MR) is 110 cm³/mol. The van der Waals surface area contributed by atoms with Crippen LogP contribution in [0.5, 0.6) is 0 Å². The summed E-state index contributed by atoms with van der Waals surface area (Å²) in [6, 6.07) is 12.6. The third kappa shape index (κ3) is 3.38. The lowest BCUT2D eigenvalue weighted by molar-refractivity contribution is -0.117. The van der Waals surface area contributed by atoms with Crippen molar-refractivity contribution in [3.63, 3.8) is 0 Å². The second kappa shape index (κ2) is 7.38. The van der Waals surface area contributed by atoms with E-state index in [4.69, 9.17) is 0 Å². The number of rotatable bonds is 5. The molecule has 0 radical (unpaired) electrons. The number of anilines is 1. The minimum Gasteiger partial charge on any atom is -0.360 e. The van der Waals surface area contributed by atoms with E-state index < -0.39 is 0 Å². The zero-order valence-electron chi connectivity index (χ0n) is 16.4. The molecule has 5 heteroatoms. The summed E-state index contributed by atoms with van der Waals surface area (Å²) in [6.45, 7) is 3.43. The average Bonchev–Trinajstić information content (AvgIpc) is 3.03. The van der Waals surface area contributed by atoms with Gasteiger partial charge in [0.25, 0.3) is 0 Å². The fourth-order valence-corrected chi connectivity index (χ4v) is 5.36. The number of likely N-dealkylation sites (tertiary alicyclic amines) is 1. The number of Topliss-reactive ketones (excluding diaryl/α,β-unsaturated/α-hetero) is 2. The maximum absolute atomic E-state index is 13.0. The number of piperidine rings is 1. The van der Waals surface area contributed by atoms with Crippen molar-refractivity contribution in [2.75, 3.05) is 31.1 Å². The third-order valence-electron chi connectivity index (χ3n) is 6.68. The van der Waals surface area contributed by atoms with Crippen molar-refractivity contribution >= 4 is 17.3 Å². The van der Waals surface area contributed by atoms with Crippen molar-refractivity contribution < 1.29 is 14.0 Å². The lowest BCUT2D eigenvalue weighted by Gasteiger charge is -2.39. The Morgan fingerprint density at radius 1 is 1.14 bits per heavy atom. The first kappa shape index (κ1) is 18.5. The van der Waals surface area contributed by atoms with Gasteiger partial charge in [0.1, 0.15) is 5.82 Å². The van der Waals surface area contributed by atoms with Gasteiger partial charge in [-0.15, -0.1) is 0 Å². The molecule has 1 saturated heterocycles. The number of halogens is 1. The first-order valence-electron chi connectivity index (χ1n) is 10.5. The molecule has 1 fully saturated rings. The van der Waals surface area contributed by atoms with Gasteiger partial charge in [0.05, 0.1) is 6.54 Å². The molecule has 2 atom stereocenters. The number of ketones is 2. The molecule has 150 valence electrons. The molecule has 4 nitrogen and oxygen atoms in total. The maximum Gasteiger partial charge on any atom is 0.162 e. The molecular weight excluding hydrogens is 367 g/mol. The minimum absolute atomic E-state index is 0.0753. The smallest absolute Gasteiger partial charge is 0.162 e. The normalized spacial score (nSPS) is 23.1. The number of carbonyl (C=O) groups excluding carboxylic acids is 2. The lowest BCUT2D eigenvalue weighted by atomic mass is 9.88. The molecule has 3 heterocycles. The van der Waals surface area contributed by atoms with Gasteiger partial charge in [-0.1, -0.05) is 18.2 Å². The maximum atomic E-state index is 13.0. The summed E-state index contributed by atoms with van der Waals surface area (Å²) in [6.07, 6.45) is 2.91. The molecule has 5 rings (SSSR count). The van der Waals surface area contributed by atoms with Crippen molar-refractivity contribution in [1.82, 2.24) is 4.90 Å². The molecule has 0 N–H and O–H groups in total. The second-order valence-electron chi connectivity index (χ2n) is 8.50. The Balaban J connectivity index is 1.22. The fraction of sp³-hybridized carbons (Fsp3) is 0.417. The van der Waals surface area contributed by atoms with Crippen molar-refractivity contribution in [2.24, 2.45) is 0 Å². The quantitative estimate of drug-likeness (QED) is 0.729. The van der Waals surface area contributed by atoms with E-state index in [1.165, 1.54) is 28.9 Å². The first-order chi connectivity index (χ1) is 14.1. The topological polar surface area (TPSA) is 40.6 Å². The molecule has 29 heavy (non-hydrogen) atoms. The molecule has 0 amide bonds. The molecule has 0 aromatic heterocycles. The standard InChI is InChI=1S/C24H25FN2O2/c25-18-8-6-16(7-9-18)23(29)5-2-11-26-12-10-22-21(15-26)20-4-1-3-17-13-19(28)14-27(22)24(17)20/h1,3-4,6-9,21-22H,2,5,10-15H2/t21-,22-/m0/s1. The molecule has 3 aliphatic rings. The van der Waals surface area contributed by atoms with E-state index in [1.807, 2.05) is 0 Å². The molecule has 2 aromatic rings. The molecule has 0 aliphatic carbocycles. The highest BCUT2D eigenvalue weighted by Gasteiger charge is 2.44. The van der Waals surface area contributed by atoms with Crippen LogP contribution in [0.3, 0.4) is 0 Å². The number of hydrogen-bond donors (Lipinski definition) is 0. The van der Waals surface area contributed by atoms with Gasteiger partial charge in [-0.05, 0) is 54.8 Å². The van der Waals surface area contributed by atoms with E-state index in [9.17, 15) is 14.0 Å². The van der Waals surface area contributed by atoms with Gasteiger partial charge in [0.2, 0.25) is 0 Å². The number of fused-ring (bicyclic) bond motifs is 3. The van der Waals surface area contributed by atoms with Crippen LogP contribution < -0.4 is 4.90 Å². The van der Waals surface area contributed by atoms with E-state index in [0.717, 1.165) is 32.5 Å². The average molecular weight is 392 g/mol. The largest absolute Gasteiger partial charge is 0.360 e. The van der Waals surface area contributed by atoms with E-state index >= 15 is 0 Å². The van der Waals surface area contributed by atoms with E-state index in [1.54, 1.807) is 12.1 Å². The van der Waals surface area contributed by atoms with Gasteiger partial charge in [-0.3, -0.25) is 9.59 Å². The summed E-state index contributed by atoms with van der Waals surface area (Å²) >= 11 is 0. The molecule has 3 aliphatic heterocycles. The zero-order valence-corrected chi connectivity index (χ0v) is 16.4. The Labute approximate surface area is 170 Å². The van der Waals surface area contributed by atoms with Crippen LogP contribution in [0.1, 0.15) is 46.7 Å². The number of carbonyl (C=O) groups is 2. The fourth-order valence-electron chi connectivity index (χ4n) is 5.36. The summed E-state index contributed by atoms with van der Waals surface area (Å²) in [4.78, 5) is 29.3. The van der Waals surface area contributed by atoms with E-state index in [-0.39, 0.29) is 11.6 Å². The van der Waals surface area contributed by atoms with Gasteiger partial charge in [0, 0.05) is 49.1 Å². The van der Waals surface area contributed by atoms with Gasteiger partial charge in [-0.2, -0.15) is 0 Å². The van der Waals surface area contributed by atoms with Crippen molar-refractivity contribution in [3.05, 3.63) is 65.0 Å². The lowest BCUT2D eigenvalue weighted by Crippen LogP contribution is -2.48. The summed E-state index contributed by atoms with van der Waals surface area (Å²) in [5.74, 6) is 0.518. The van der Waals surface area contributed by atoms with Crippen LogP contribution in [0.4, 0.5) is 10.1 Å². The van der Waals surface area contributed by atoms with Crippen LogP contribution in [0.25, 0.3) is 0 Å². The van der Waals surface area contributed by atoms with Crippen LogP contribution in [0.2, 0.25) is 0 Å². The van der Waals surface area contributed by atoms with Gasteiger partial charge in [-0.25, -0.2) is 4.39 Å². The first-order valence-corrected chi connectivity index (χ1v) is 10.5. The number of para-hydroxylation sites is 1. The molecule has 0 unspecified atom stereocenters. The van der Waals surface area contributed by atoms with Gasteiger partial charge in [0.15, 0.2) is 11.6 Å². The van der Waals surface area contributed by atoms with Crippen molar-refractivity contribution in [2.45, 2.75) is 37.6 Å². The Hall–Kier alpha value is -2.53. The van der Waals surface area contributed by atoms with Crippen molar-refractivity contribution in [3.8, 4) is 0 Å². The Morgan fingerprint density at radius 3 is 2.79 bits per heavy atom. The third-order valence-corrected chi connectivity index (χ3v) is 6.68. The zero-order chi connectivity index (χ0) is 20.0.